The predicted molar refractivity (Wildman–Crippen MR) is 69.2 cm³/mol. The number of carbonyl (C=O) groups excluding carboxylic acids is 2. The van der Waals surface area contributed by atoms with Crippen LogP contribution >= 0.6 is 11.3 Å². The van der Waals surface area contributed by atoms with Crippen LogP contribution in [0.1, 0.15) is 18.9 Å². The van der Waals surface area contributed by atoms with E-state index in [1.807, 2.05) is 19.2 Å². The molecular formula is C12H17N3O2S. The number of carbonyl (C=O) groups is 2. The monoisotopic (exact) mass is 267 g/mol. The van der Waals surface area contributed by atoms with Gasteiger partial charge in [0.15, 0.2) is 0 Å². The molecule has 0 aliphatic carbocycles. The van der Waals surface area contributed by atoms with Crippen molar-refractivity contribution in [3.63, 3.8) is 0 Å². The van der Waals surface area contributed by atoms with Crippen molar-refractivity contribution in [1.29, 1.82) is 0 Å². The molecule has 1 saturated heterocycles. The second kappa shape index (κ2) is 5.48. The average Bonchev–Trinajstić information content (AvgIpc) is 2.82. The zero-order chi connectivity index (χ0) is 13.1. The van der Waals surface area contributed by atoms with Gasteiger partial charge in [-0.1, -0.05) is 13.8 Å². The summed E-state index contributed by atoms with van der Waals surface area (Å²) in [5.41, 5.74) is 0. The predicted octanol–water partition coefficient (Wildman–Crippen LogP) is 0.669. The minimum Gasteiger partial charge on any atom is -0.345 e. The Morgan fingerprint density at radius 2 is 2.33 bits per heavy atom. The zero-order valence-corrected chi connectivity index (χ0v) is 11.4. The Kier molecular flexibility index (Phi) is 3.96. The van der Waals surface area contributed by atoms with Crippen molar-refractivity contribution >= 4 is 23.2 Å². The molecule has 18 heavy (non-hydrogen) atoms. The molecule has 2 heterocycles. The van der Waals surface area contributed by atoms with Crippen molar-refractivity contribution in [3.05, 3.63) is 16.6 Å². The minimum absolute atomic E-state index is 0.00939. The smallest absolute Gasteiger partial charge is 0.243 e. The summed E-state index contributed by atoms with van der Waals surface area (Å²) < 4.78 is 0. The highest BCUT2D eigenvalue weighted by Crippen LogP contribution is 2.16. The number of thiazole rings is 1. The Bertz CT molecular complexity index is 431. The van der Waals surface area contributed by atoms with Gasteiger partial charge < -0.3 is 10.2 Å². The van der Waals surface area contributed by atoms with E-state index in [2.05, 4.69) is 10.3 Å². The van der Waals surface area contributed by atoms with Gasteiger partial charge in [-0.25, -0.2) is 4.98 Å². The molecule has 98 valence electrons. The van der Waals surface area contributed by atoms with Crippen molar-refractivity contribution in [2.24, 2.45) is 5.92 Å². The van der Waals surface area contributed by atoms with Crippen LogP contribution in [0.5, 0.6) is 0 Å². The zero-order valence-electron chi connectivity index (χ0n) is 10.5. The average molecular weight is 267 g/mol. The fraction of sp³-hybridized carbons (Fsp3) is 0.583. The molecule has 0 radical (unpaired) electrons. The minimum atomic E-state index is -0.355. The van der Waals surface area contributed by atoms with Crippen LogP contribution in [-0.2, 0) is 16.0 Å². The lowest BCUT2D eigenvalue weighted by molar-refractivity contribution is -0.147. The van der Waals surface area contributed by atoms with E-state index in [-0.39, 0.29) is 30.3 Å². The van der Waals surface area contributed by atoms with Gasteiger partial charge in [0.2, 0.25) is 11.8 Å². The van der Waals surface area contributed by atoms with E-state index < -0.39 is 0 Å². The van der Waals surface area contributed by atoms with Crippen LogP contribution in [0.2, 0.25) is 0 Å². The number of hydrogen-bond donors (Lipinski definition) is 1. The Hall–Kier alpha value is -1.43. The largest absolute Gasteiger partial charge is 0.345 e. The molecule has 1 N–H and O–H groups in total. The normalized spacial score (nSPS) is 20.4. The number of hydrogen-bond acceptors (Lipinski definition) is 4. The van der Waals surface area contributed by atoms with Crippen molar-refractivity contribution in [3.8, 4) is 0 Å². The number of piperazine rings is 1. The maximum atomic E-state index is 11.9. The lowest BCUT2D eigenvalue weighted by Crippen LogP contribution is -2.60. The summed E-state index contributed by atoms with van der Waals surface area (Å²) in [4.78, 5) is 29.6. The lowest BCUT2D eigenvalue weighted by atomic mass is 9.99. The summed E-state index contributed by atoms with van der Waals surface area (Å²) in [5, 5.41) is 5.56. The van der Waals surface area contributed by atoms with E-state index in [0.29, 0.717) is 13.0 Å². The van der Waals surface area contributed by atoms with Crippen molar-refractivity contribution in [1.82, 2.24) is 15.2 Å². The SMILES string of the molecule is CC(C)C1C(=O)NCC(=O)N1CCc1nccs1. The second-order valence-corrected chi connectivity index (χ2v) is 5.65. The molecule has 6 heteroatoms. The highest BCUT2D eigenvalue weighted by Gasteiger charge is 2.36. The summed E-state index contributed by atoms with van der Waals surface area (Å²) in [5.74, 6) is 0.0548. The van der Waals surface area contributed by atoms with Gasteiger partial charge in [-0.15, -0.1) is 11.3 Å². The van der Waals surface area contributed by atoms with Crippen LogP contribution in [0.3, 0.4) is 0 Å². The van der Waals surface area contributed by atoms with Crippen LogP contribution in [0.4, 0.5) is 0 Å². The van der Waals surface area contributed by atoms with Gasteiger partial charge >= 0.3 is 0 Å². The molecule has 1 atom stereocenters. The van der Waals surface area contributed by atoms with Crippen molar-refractivity contribution in [2.45, 2.75) is 26.3 Å². The Morgan fingerprint density at radius 1 is 1.56 bits per heavy atom. The topological polar surface area (TPSA) is 62.3 Å². The first kappa shape index (κ1) is 13.0. The van der Waals surface area contributed by atoms with Crippen LogP contribution in [-0.4, -0.2) is 40.8 Å². The Balaban J connectivity index is 2.06. The second-order valence-electron chi connectivity index (χ2n) is 4.67. The molecule has 0 bridgehead atoms. The first-order valence-corrected chi connectivity index (χ1v) is 6.93. The number of aromatic nitrogens is 1. The molecule has 1 aliphatic rings. The van der Waals surface area contributed by atoms with Crippen molar-refractivity contribution in [2.75, 3.05) is 13.1 Å². The summed E-state index contributed by atoms with van der Waals surface area (Å²) >= 11 is 1.57. The number of rotatable bonds is 4. The van der Waals surface area contributed by atoms with Gasteiger partial charge in [-0.05, 0) is 5.92 Å². The molecule has 1 aromatic rings. The van der Waals surface area contributed by atoms with E-state index in [1.165, 1.54) is 0 Å². The van der Waals surface area contributed by atoms with Crippen LogP contribution < -0.4 is 5.32 Å². The summed E-state index contributed by atoms with van der Waals surface area (Å²) in [6.45, 7) is 4.58. The number of amides is 2. The first-order chi connectivity index (χ1) is 8.59. The summed E-state index contributed by atoms with van der Waals surface area (Å²) in [6, 6.07) is -0.355. The van der Waals surface area contributed by atoms with E-state index >= 15 is 0 Å². The number of nitrogens with zero attached hydrogens (tertiary/aromatic N) is 2. The molecule has 1 unspecified atom stereocenters. The van der Waals surface area contributed by atoms with E-state index in [1.54, 1.807) is 22.4 Å². The Labute approximate surface area is 110 Å². The quantitative estimate of drug-likeness (QED) is 0.872. The fourth-order valence-electron chi connectivity index (χ4n) is 2.18. The Morgan fingerprint density at radius 3 is 2.94 bits per heavy atom. The molecule has 2 amide bonds. The third kappa shape index (κ3) is 2.69. The van der Waals surface area contributed by atoms with Gasteiger partial charge in [0.05, 0.1) is 11.6 Å². The van der Waals surface area contributed by atoms with Gasteiger partial charge in [-0.3, -0.25) is 9.59 Å². The standard InChI is InChI=1S/C12H17N3O2S/c1-8(2)11-12(17)14-7-10(16)15(11)5-3-9-13-4-6-18-9/h4,6,8,11H,3,5,7H2,1-2H3,(H,14,17). The summed E-state index contributed by atoms with van der Waals surface area (Å²) in [7, 11) is 0. The maximum Gasteiger partial charge on any atom is 0.243 e. The van der Waals surface area contributed by atoms with Gasteiger partial charge in [0, 0.05) is 24.5 Å². The molecule has 1 fully saturated rings. The molecule has 1 aromatic heterocycles. The highest BCUT2D eigenvalue weighted by atomic mass is 32.1. The number of nitrogens with one attached hydrogen (secondary N) is 1. The van der Waals surface area contributed by atoms with Gasteiger partial charge in [0.1, 0.15) is 6.04 Å². The van der Waals surface area contributed by atoms with Gasteiger partial charge in [-0.2, -0.15) is 0 Å². The molecule has 0 aromatic carbocycles. The highest BCUT2D eigenvalue weighted by molar-refractivity contribution is 7.09. The van der Waals surface area contributed by atoms with Crippen LogP contribution in [0, 0.1) is 5.92 Å². The van der Waals surface area contributed by atoms with Crippen LogP contribution in [0.25, 0.3) is 0 Å². The molecule has 0 spiro atoms. The van der Waals surface area contributed by atoms with Crippen LogP contribution in [0.15, 0.2) is 11.6 Å². The molecule has 2 rings (SSSR count). The fourth-order valence-corrected chi connectivity index (χ4v) is 2.79. The molecule has 1 aliphatic heterocycles. The molecule has 0 saturated carbocycles. The van der Waals surface area contributed by atoms with E-state index in [4.69, 9.17) is 0 Å². The van der Waals surface area contributed by atoms with Gasteiger partial charge in [0.25, 0.3) is 0 Å². The molecular weight excluding hydrogens is 250 g/mol. The van der Waals surface area contributed by atoms with Crippen molar-refractivity contribution < 1.29 is 9.59 Å². The maximum absolute atomic E-state index is 11.9. The summed E-state index contributed by atoms with van der Waals surface area (Å²) in [6.07, 6.45) is 2.46. The first-order valence-electron chi connectivity index (χ1n) is 6.05. The third-order valence-electron chi connectivity index (χ3n) is 3.02. The third-order valence-corrected chi connectivity index (χ3v) is 3.86. The van der Waals surface area contributed by atoms with E-state index in [9.17, 15) is 9.59 Å². The van der Waals surface area contributed by atoms with E-state index in [0.717, 1.165) is 5.01 Å². The lowest BCUT2D eigenvalue weighted by Gasteiger charge is -2.37. The molecule has 5 nitrogen and oxygen atoms in total.